The van der Waals surface area contributed by atoms with Crippen molar-refractivity contribution < 1.29 is 17.2 Å². The lowest BCUT2D eigenvalue weighted by molar-refractivity contribution is -0.384. The highest BCUT2D eigenvalue weighted by molar-refractivity contribution is 7.86. The third-order valence-corrected chi connectivity index (χ3v) is 2.83. The minimum Gasteiger partial charge on any atom is -0.393 e. The van der Waals surface area contributed by atoms with Gasteiger partial charge in [-0.3, -0.25) is 10.1 Å². The Balaban J connectivity index is 3.58. The predicted molar refractivity (Wildman–Crippen MR) is 50.8 cm³/mol. The largest absolute Gasteiger partial charge is 0.393 e. The number of nitrogen functional groups attached to an aromatic ring is 1. The Morgan fingerprint density at radius 1 is 1.47 bits per heavy atom. The van der Waals surface area contributed by atoms with E-state index >= 15 is 0 Å². The molecule has 0 amide bonds. The molecule has 0 radical (unpaired) electrons. The molecular formula is C6H4ClFN2O4S. The maximum absolute atomic E-state index is 12.6. The van der Waals surface area contributed by atoms with E-state index in [4.69, 9.17) is 17.3 Å². The molecule has 82 valence electrons. The van der Waals surface area contributed by atoms with Gasteiger partial charge in [-0.15, -0.1) is 3.89 Å². The highest BCUT2D eigenvalue weighted by Gasteiger charge is 2.23. The number of hydrogen-bond donors (Lipinski definition) is 1. The molecule has 0 aliphatic rings. The van der Waals surface area contributed by atoms with Gasteiger partial charge in [-0.1, -0.05) is 11.6 Å². The van der Waals surface area contributed by atoms with Crippen LogP contribution in [0.1, 0.15) is 0 Å². The number of nitro benzene ring substituents is 1. The molecule has 9 heteroatoms. The Kier molecular flexibility index (Phi) is 2.82. The number of rotatable bonds is 2. The number of anilines is 1. The number of nitrogens with two attached hydrogens (primary N) is 1. The van der Waals surface area contributed by atoms with Crippen molar-refractivity contribution >= 4 is 33.2 Å². The third-order valence-electron chi connectivity index (χ3n) is 1.54. The van der Waals surface area contributed by atoms with E-state index in [2.05, 4.69) is 0 Å². The van der Waals surface area contributed by atoms with E-state index < -0.39 is 30.8 Å². The van der Waals surface area contributed by atoms with Gasteiger partial charge in [0.1, 0.15) is 10.6 Å². The molecule has 0 aliphatic heterocycles. The Hall–Kier alpha value is -1.41. The Bertz CT molecular complexity index is 530. The topological polar surface area (TPSA) is 103 Å². The first-order chi connectivity index (χ1) is 6.73. The van der Waals surface area contributed by atoms with E-state index in [1.54, 1.807) is 0 Å². The first-order valence-electron chi connectivity index (χ1n) is 3.41. The summed E-state index contributed by atoms with van der Waals surface area (Å²) in [5, 5.41) is 9.88. The second kappa shape index (κ2) is 3.63. The molecule has 0 heterocycles. The highest BCUT2D eigenvalue weighted by atomic mass is 35.5. The van der Waals surface area contributed by atoms with Crippen LogP contribution in [0.2, 0.25) is 5.02 Å². The molecular weight excluding hydrogens is 251 g/mol. The zero-order valence-electron chi connectivity index (χ0n) is 6.98. The number of halogens is 2. The van der Waals surface area contributed by atoms with Crippen molar-refractivity contribution in [1.29, 1.82) is 0 Å². The molecule has 6 nitrogen and oxygen atoms in total. The van der Waals surface area contributed by atoms with Crippen LogP contribution in [-0.2, 0) is 10.2 Å². The van der Waals surface area contributed by atoms with Gasteiger partial charge in [0.05, 0.1) is 9.95 Å². The molecule has 0 aliphatic carbocycles. The standard InChI is InChI=1S/C6H4ClFN2O4S/c7-3-1-4(9)5(10(11)12)2-6(3)15(8,13)14/h1-2H,9H2. The van der Waals surface area contributed by atoms with Crippen LogP contribution in [0.4, 0.5) is 15.3 Å². The molecule has 0 saturated carbocycles. The minimum atomic E-state index is -5.10. The Morgan fingerprint density at radius 3 is 2.40 bits per heavy atom. The average molecular weight is 255 g/mol. The fraction of sp³-hybridized carbons (Fsp3) is 0. The molecule has 1 rings (SSSR count). The zero-order chi connectivity index (χ0) is 11.8. The van der Waals surface area contributed by atoms with Crippen molar-refractivity contribution in [3.63, 3.8) is 0 Å². The summed E-state index contributed by atoms with van der Waals surface area (Å²) in [6.07, 6.45) is 0. The molecule has 0 bridgehead atoms. The molecule has 0 unspecified atom stereocenters. The van der Waals surface area contributed by atoms with E-state index in [0.29, 0.717) is 6.07 Å². The van der Waals surface area contributed by atoms with Crippen molar-refractivity contribution in [2.45, 2.75) is 4.90 Å². The summed E-state index contributed by atoms with van der Waals surface area (Å²) >= 11 is 5.37. The monoisotopic (exact) mass is 254 g/mol. The fourth-order valence-corrected chi connectivity index (χ4v) is 1.90. The quantitative estimate of drug-likeness (QED) is 0.373. The van der Waals surface area contributed by atoms with Crippen LogP contribution in [0.15, 0.2) is 17.0 Å². The third kappa shape index (κ3) is 2.34. The van der Waals surface area contributed by atoms with E-state index in [9.17, 15) is 22.4 Å². The zero-order valence-corrected chi connectivity index (χ0v) is 8.55. The minimum absolute atomic E-state index is 0.336. The van der Waals surface area contributed by atoms with Crippen LogP contribution in [0, 0.1) is 10.1 Å². The maximum atomic E-state index is 12.6. The highest BCUT2D eigenvalue weighted by Crippen LogP contribution is 2.32. The summed E-state index contributed by atoms with van der Waals surface area (Å²) in [5.41, 5.74) is 4.14. The lowest BCUT2D eigenvalue weighted by atomic mass is 10.3. The molecule has 15 heavy (non-hydrogen) atoms. The molecule has 0 aromatic heterocycles. The van der Waals surface area contributed by atoms with Gasteiger partial charge < -0.3 is 5.73 Å². The second-order valence-corrected chi connectivity index (χ2v) is 4.26. The average Bonchev–Trinajstić information content (AvgIpc) is 2.00. The summed E-state index contributed by atoms with van der Waals surface area (Å²) in [5.74, 6) is 0. The SMILES string of the molecule is Nc1cc(Cl)c(S(=O)(=O)F)cc1[N+](=O)[O-]. The van der Waals surface area contributed by atoms with E-state index in [1.165, 1.54) is 0 Å². The van der Waals surface area contributed by atoms with Crippen LogP contribution in [0.5, 0.6) is 0 Å². The molecule has 1 aromatic carbocycles. The molecule has 0 saturated heterocycles. The van der Waals surface area contributed by atoms with Gasteiger partial charge in [-0.05, 0) is 6.07 Å². The van der Waals surface area contributed by atoms with Gasteiger partial charge in [0.15, 0.2) is 0 Å². The lowest BCUT2D eigenvalue weighted by Crippen LogP contribution is -2.00. The van der Waals surface area contributed by atoms with Crippen LogP contribution < -0.4 is 5.73 Å². The summed E-state index contributed by atoms with van der Waals surface area (Å²) < 4.78 is 33.6. The van der Waals surface area contributed by atoms with E-state index in [0.717, 1.165) is 6.07 Å². The molecule has 0 fully saturated rings. The normalized spacial score (nSPS) is 11.3. The van der Waals surface area contributed by atoms with Crippen molar-refractivity contribution in [2.75, 3.05) is 5.73 Å². The predicted octanol–water partition coefficient (Wildman–Crippen LogP) is 1.49. The molecule has 0 spiro atoms. The van der Waals surface area contributed by atoms with Gasteiger partial charge in [-0.2, -0.15) is 8.42 Å². The Labute approximate surface area is 88.8 Å². The first-order valence-corrected chi connectivity index (χ1v) is 5.17. The molecule has 0 atom stereocenters. The summed E-state index contributed by atoms with van der Waals surface area (Å²) in [6.45, 7) is 0. The maximum Gasteiger partial charge on any atom is 0.333 e. The van der Waals surface area contributed by atoms with Crippen LogP contribution >= 0.6 is 11.6 Å². The number of benzene rings is 1. The summed E-state index contributed by atoms with van der Waals surface area (Å²) in [4.78, 5) is 8.48. The van der Waals surface area contributed by atoms with Gasteiger partial charge in [0.2, 0.25) is 0 Å². The van der Waals surface area contributed by atoms with E-state index in [-0.39, 0.29) is 5.69 Å². The van der Waals surface area contributed by atoms with Crippen LogP contribution in [0.25, 0.3) is 0 Å². The lowest BCUT2D eigenvalue weighted by Gasteiger charge is -2.01. The van der Waals surface area contributed by atoms with Crippen LogP contribution in [-0.4, -0.2) is 13.3 Å². The van der Waals surface area contributed by atoms with Gasteiger partial charge in [0.25, 0.3) is 5.69 Å². The fourth-order valence-electron chi connectivity index (χ4n) is 0.903. The number of nitro groups is 1. The molecule has 2 N–H and O–H groups in total. The number of nitrogens with zero attached hydrogens (tertiary/aromatic N) is 1. The van der Waals surface area contributed by atoms with Crippen molar-refractivity contribution in [1.82, 2.24) is 0 Å². The first kappa shape index (κ1) is 11.7. The second-order valence-electron chi connectivity index (χ2n) is 2.54. The van der Waals surface area contributed by atoms with Gasteiger partial charge in [-0.25, -0.2) is 0 Å². The van der Waals surface area contributed by atoms with Gasteiger partial charge in [0, 0.05) is 6.07 Å². The van der Waals surface area contributed by atoms with Crippen LogP contribution in [0.3, 0.4) is 0 Å². The van der Waals surface area contributed by atoms with Gasteiger partial charge >= 0.3 is 10.2 Å². The van der Waals surface area contributed by atoms with Crippen molar-refractivity contribution in [2.24, 2.45) is 0 Å². The Morgan fingerprint density at radius 2 is 2.00 bits per heavy atom. The number of hydrogen-bond acceptors (Lipinski definition) is 5. The smallest absolute Gasteiger partial charge is 0.333 e. The summed E-state index contributed by atoms with van der Waals surface area (Å²) in [7, 11) is -5.10. The van der Waals surface area contributed by atoms with Crippen molar-refractivity contribution in [3.05, 3.63) is 27.3 Å². The molecule has 1 aromatic rings. The summed E-state index contributed by atoms with van der Waals surface area (Å²) in [6, 6.07) is 1.29. The van der Waals surface area contributed by atoms with E-state index in [1.807, 2.05) is 0 Å². The van der Waals surface area contributed by atoms with Crippen molar-refractivity contribution in [3.8, 4) is 0 Å².